The van der Waals surface area contributed by atoms with Crippen LogP contribution in [0.5, 0.6) is 0 Å². The van der Waals surface area contributed by atoms with Gasteiger partial charge in [0.25, 0.3) is 0 Å². The maximum atomic E-state index is 12.9. The minimum Gasteiger partial charge on any atom is -0.318 e. The Morgan fingerprint density at radius 3 is 2.17 bits per heavy atom. The lowest BCUT2D eigenvalue weighted by Crippen LogP contribution is -2.16. The molecule has 0 aliphatic rings. The summed E-state index contributed by atoms with van der Waals surface area (Å²) in [4.78, 5) is 31.8. The van der Waals surface area contributed by atoms with E-state index in [0.29, 0.717) is 30.5 Å². The molecule has 0 radical (unpaired) electrons. The van der Waals surface area contributed by atoms with E-state index in [4.69, 9.17) is 4.84 Å². The molecule has 0 unspecified atom stereocenters. The summed E-state index contributed by atoms with van der Waals surface area (Å²) in [5.41, 5.74) is 0.872. The average Bonchev–Trinajstić information content (AvgIpc) is 2.74. The van der Waals surface area contributed by atoms with Gasteiger partial charge < -0.3 is 4.84 Å². The molecule has 0 amide bonds. The van der Waals surface area contributed by atoms with E-state index in [1.165, 1.54) is 0 Å². The van der Waals surface area contributed by atoms with E-state index in [1.54, 1.807) is 11.8 Å². The molecule has 0 aromatic heterocycles. The maximum absolute atomic E-state index is 12.9. The highest BCUT2D eigenvalue weighted by atomic mass is 32.2. The molecule has 0 aliphatic heterocycles. The van der Waals surface area contributed by atoms with Crippen molar-refractivity contribution in [3.63, 3.8) is 0 Å². The summed E-state index contributed by atoms with van der Waals surface area (Å²) in [5, 5.41) is 3.92. The summed E-state index contributed by atoms with van der Waals surface area (Å²) in [5.74, 6) is -0.581. The topological polar surface area (TPSA) is 55.7 Å². The second kappa shape index (κ2) is 12.9. The first-order valence-corrected chi connectivity index (χ1v) is 11.1. The number of ketones is 1. The van der Waals surface area contributed by atoms with Crippen LogP contribution in [0, 0.1) is 0 Å². The molecule has 0 saturated heterocycles. The lowest BCUT2D eigenvalue weighted by molar-refractivity contribution is -0.143. The van der Waals surface area contributed by atoms with Gasteiger partial charge >= 0.3 is 5.97 Å². The van der Waals surface area contributed by atoms with Crippen molar-refractivity contribution < 1.29 is 14.4 Å². The zero-order valence-electron chi connectivity index (χ0n) is 17.2. The predicted molar refractivity (Wildman–Crippen MR) is 119 cm³/mol. The van der Waals surface area contributed by atoms with E-state index in [9.17, 15) is 9.59 Å². The molecule has 0 spiro atoms. The molecule has 5 heteroatoms. The molecule has 0 saturated carbocycles. The van der Waals surface area contributed by atoms with Crippen molar-refractivity contribution in [1.29, 1.82) is 0 Å². The van der Waals surface area contributed by atoms with Gasteiger partial charge in [0.05, 0.1) is 0 Å². The van der Waals surface area contributed by atoms with E-state index in [0.717, 1.165) is 35.5 Å². The lowest BCUT2D eigenvalue weighted by Gasteiger charge is -2.07. The van der Waals surface area contributed by atoms with Gasteiger partial charge in [0.15, 0.2) is 0 Å². The van der Waals surface area contributed by atoms with Crippen LogP contribution in [0.4, 0.5) is 0 Å². The number of nitrogens with zero attached hydrogens (tertiary/aromatic N) is 1. The molecular weight excluding hydrogens is 382 g/mol. The van der Waals surface area contributed by atoms with Crippen LogP contribution in [0.3, 0.4) is 0 Å². The van der Waals surface area contributed by atoms with Crippen LogP contribution in [-0.2, 0) is 9.63 Å². The zero-order chi connectivity index (χ0) is 20.9. The molecule has 0 aliphatic carbocycles. The van der Waals surface area contributed by atoms with Crippen molar-refractivity contribution in [2.24, 2.45) is 5.16 Å². The van der Waals surface area contributed by atoms with Gasteiger partial charge in [-0.2, -0.15) is 0 Å². The highest BCUT2D eigenvalue weighted by Gasteiger charge is 2.16. The molecule has 29 heavy (non-hydrogen) atoms. The number of benzene rings is 2. The minimum absolute atomic E-state index is 0.179. The second-order valence-corrected chi connectivity index (χ2v) is 7.98. The number of oxime groups is 1. The van der Waals surface area contributed by atoms with Gasteiger partial charge in [0.2, 0.25) is 5.78 Å². The van der Waals surface area contributed by atoms with E-state index >= 15 is 0 Å². The van der Waals surface area contributed by atoms with Gasteiger partial charge in [-0.25, -0.2) is 4.79 Å². The van der Waals surface area contributed by atoms with Crippen LogP contribution < -0.4 is 0 Å². The van der Waals surface area contributed by atoms with Gasteiger partial charge in [-0.05, 0) is 55.7 Å². The summed E-state index contributed by atoms with van der Waals surface area (Å²) >= 11 is 1.64. The average molecular weight is 412 g/mol. The first-order chi connectivity index (χ1) is 14.1. The molecule has 2 aromatic rings. The third-order valence-electron chi connectivity index (χ3n) is 4.34. The van der Waals surface area contributed by atoms with Crippen molar-refractivity contribution >= 4 is 29.2 Å². The number of unbranched alkanes of at least 4 members (excludes halogenated alkanes) is 3. The molecule has 0 fully saturated rings. The molecule has 2 rings (SSSR count). The monoisotopic (exact) mass is 411 g/mol. The standard InChI is InChI=1S/C24H29NO3S/c1-3-5-6-10-14-22(25-28-23(26)11-4-2)24(27)19-15-17-21(18-16-19)29-20-12-8-7-9-13-20/h7-9,12-13,15-18H,3-6,10-11,14H2,1-2H3/b25-22+. The Balaban J connectivity index is 2.07. The van der Waals surface area contributed by atoms with Gasteiger partial charge in [-0.1, -0.05) is 68.2 Å². The maximum Gasteiger partial charge on any atom is 0.335 e. The van der Waals surface area contributed by atoms with E-state index in [-0.39, 0.29) is 5.78 Å². The van der Waals surface area contributed by atoms with Crippen molar-refractivity contribution in [3.05, 3.63) is 60.2 Å². The normalized spacial score (nSPS) is 11.3. The quantitative estimate of drug-likeness (QED) is 0.128. The summed E-state index contributed by atoms with van der Waals surface area (Å²) in [6, 6.07) is 17.6. The van der Waals surface area contributed by atoms with E-state index in [1.807, 2.05) is 49.4 Å². The molecule has 2 aromatic carbocycles. The Morgan fingerprint density at radius 1 is 0.828 bits per heavy atom. The second-order valence-electron chi connectivity index (χ2n) is 6.83. The smallest absolute Gasteiger partial charge is 0.318 e. The van der Waals surface area contributed by atoms with Crippen LogP contribution in [0.2, 0.25) is 0 Å². The summed E-state index contributed by atoms with van der Waals surface area (Å²) in [6.07, 6.45) is 5.61. The Labute approximate surface area is 177 Å². The lowest BCUT2D eigenvalue weighted by atomic mass is 10.0. The highest BCUT2D eigenvalue weighted by molar-refractivity contribution is 7.99. The van der Waals surface area contributed by atoms with Crippen molar-refractivity contribution in [2.75, 3.05) is 0 Å². The van der Waals surface area contributed by atoms with Gasteiger partial charge in [0.1, 0.15) is 5.71 Å². The Bertz CT molecular complexity index is 801. The molecule has 0 heterocycles. The van der Waals surface area contributed by atoms with Crippen molar-refractivity contribution in [1.82, 2.24) is 0 Å². The van der Waals surface area contributed by atoms with Gasteiger partial charge in [-0.3, -0.25) is 4.79 Å². The SMILES string of the molecule is CCCCCC/C(=N\OC(=O)CCC)C(=O)c1ccc(Sc2ccccc2)cc1. The minimum atomic E-state index is -0.402. The summed E-state index contributed by atoms with van der Waals surface area (Å²) in [7, 11) is 0. The Hall–Kier alpha value is -2.40. The van der Waals surface area contributed by atoms with E-state index < -0.39 is 5.97 Å². The van der Waals surface area contributed by atoms with Crippen LogP contribution in [0.15, 0.2) is 69.5 Å². The third-order valence-corrected chi connectivity index (χ3v) is 5.35. The molecule has 0 bridgehead atoms. The van der Waals surface area contributed by atoms with Crippen molar-refractivity contribution in [2.45, 2.75) is 68.6 Å². The van der Waals surface area contributed by atoms with E-state index in [2.05, 4.69) is 24.2 Å². The molecule has 4 nitrogen and oxygen atoms in total. The number of hydrogen-bond donors (Lipinski definition) is 0. The fourth-order valence-corrected chi connectivity index (χ4v) is 3.58. The Kier molecular flexibility index (Phi) is 10.2. The first kappa shape index (κ1) is 22.9. The predicted octanol–water partition coefficient (Wildman–Crippen LogP) is 6.69. The zero-order valence-corrected chi connectivity index (χ0v) is 18.0. The molecular formula is C24H29NO3S. The van der Waals surface area contributed by atoms with Crippen LogP contribution in [0.25, 0.3) is 0 Å². The number of carbonyl (C=O) groups excluding carboxylic acids is 2. The van der Waals surface area contributed by atoms with Crippen LogP contribution in [-0.4, -0.2) is 17.5 Å². The van der Waals surface area contributed by atoms with Crippen LogP contribution in [0.1, 0.15) is 69.2 Å². The van der Waals surface area contributed by atoms with Gasteiger partial charge in [-0.15, -0.1) is 0 Å². The summed E-state index contributed by atoms with van der Waals surface area (Å²) in [6.45, 7) is 4.04. The number of hydrogen-bond acceptors (Lipinski definition) is 5. The number of carbonyl (C=O) groups is 2. The Morgan fingerprint density at radius 2 is 1.52 bits per heavy atom. The first-order valence-electron chi connectivity index (χ1n) is 10.3. The fraction of sp³-hybridized carbons (Fsp3) is 0.375. The third kappa shape index (κ3) is 8.24. The van der Waals surface area contributed by atoms with Crippen LogP contribution >= 0.6 is 11.8 Å². The number of Topliss-reactive ketones (excluding diaryl/α,β-unsaturated/α-hetero) is 1. The number of rotatable bonds is 12. The summed E-state index contributed by atoms with van der Waals surface area (Å²) < 4.78 is 0. The highest BCUT2D eigenvalue weighted by Crippen LogP contribution is 2.27. The fourth-order valence-electron chi connectivity index (χ4n) is 2.74. The molecule has 154 valence electrons. The molecule has 0 atom stereocenters. The van der Waals surface area contributed by atoms with Crippen molar-refractivity contribution in [3.8, 4) is 0 Å². The largest absolute Gasteiger partial charge is 0.335 e. The molecule has 0 N–H and O–H groups in total. The van der Waals surface area contributed by atoms with Gasteiger partial charge in [0, 0.05) is 21.8 Å².